The van der Waals surface area contributed by atoms with E-state index in [-0.39, 0.29) is 11.9 Å². The van der Waals surface area contributed by atoms with Crippen LogP contribution in [-0.4, -0.2) is 12.3 Å². The first-order chi connectivity index (χ1) is 9.72. The van der Waals surface area contributed by atoms with Crippen LogP contribution in [0.15, 0.2) is 36.9 Å². The van der Waals surface area contributed by atoms with Crippen LogP contribution in [-0.2, 0) is 4.79 Å². The van der Waals surface area contributed by atoms with E-state index in [0.29, 0.717) is 17.2 Å². The van der Waals surface area contributed by atoms with Crippen molar-refractivity contribution in [2.45, 2.75) is 32.1 Å². The summed E-state index contributed by atoms with van der Waals surface area (Å²) in [6.45, 7) is 3.76. The fourth-order valence-electron chi connectivity index (χ4n) is 2.68. The third-order valence-electron chi connectivity index (χ3n) is 3.91. The van der Waals surface area contributed by atoms with Gasteiger partial charge in [0.25, 0.3) is 0 Å². The third-order valence-corrected chi connectivity index (χ3v) is 3.91. The van der Waals surface area contributed by atoms with Crippen molar-refractivity contribution in [2.24, 2.45) is 11.8 Å². The molecule has 0 amide bonds. The van der Waals surface area contributed by atoms with E-state index in [2.05, 4.69) is 6.58 Å². The first-order valence-electron chi connectivity index (χ1n) is 7.10. The van der Waals surface area contributed by atoms with Gasteiger partial charge >= 0.3 is 5.97 Å². The molecule has 0 unspecified atom stereocenters. The molecule has 0 bridgehead atoms. The third kappa shape index (κ3) is 3.80. The van der Waals surface area contributed by atoms with E-state index < -0.39 is 0 Å². The zero-order valence-corrected chi connectivity index (χ0v) is 11.6. The normalized spacial score (nSPS) is 22.0. The first-order valence-corrected chi connectivity index (χ1v) is 7.10. The lowest BCUT2D eigenvalue weighted by Crippen LogP contribution is -2.25. The van der Waals surface area contributed by atoms with Gasteiger partial charge in [-0.2, -0.15) is 0 Å². The predicted molar refractivity (Wildman–Crippen MR) is 77.7 cm³/mol. The number of hydrogen-bond donors (Lipinski definition) is 0. The Morgan fingerprint density at radius 3 is 2.40 bits per heavy atom. The molecule has 0 atom stereocenters. The standard InChI is InChI=1S/C17H20O3/c1-2-3-13-4-8-15(9-5-13)17(19)20-16-10-6-14(12-18)7-11-16/h2,6-7,10-13,15H,1,3-5,8-9H2. The lowest BCUT2D eigenvalue weighted by atomic mass is 9.80. The summed E-state index contributed by atoms with van der Waals surface area (Å²) < 4.78 is 5.37. The van der Waals surface area contributed by atoms with Gasteiger partial charge in [0.05, 0.1) is 5.92 Å². The summed E-state index contributed by atoms with van der Waals surface area (Å²) in [5.74, 6) is 1.03. The lowest BCUT2D eigenvalue weighted by molar-refractivity contribution is -0.140. The van der Waals surface area contributed by atoms with Crippen molar-refractivity contribution in [1.29, 1.82) is 0 Å². The molecule has 0 heterocycles. The predicted octanol–water partition coefficient (Wildman–Crippen LogP) is 3.79. The molecule has 0 aliphatic heterocycles. The van der Waals surface area contributed by atoms with Crippen LogP contribution in [0.1, 0.15) is 42.5 Å². The van der Waals surface area contributed by atoms with Gasteiger partial charge in [-0.25, -0.2) is 0 Å². The van der Waals surface area contributed by atoms with Gasteiger partial charge in [0.1, 0.15) is 12.0 Å². The van der Waals surface area contributed by atoms with Gasteiger partial charge in [0, 0.05) is 5.56 Å². The van der Waals surface area contributed by atoms with Crippen molar-refractivity contribution in [2.75, 3.05) is 0 Å². The number of allylic oxidation sites excluding steroid dienone is 1. The minimum absolute atomic E-state index is 0.00168. The van der Waals surface area contributed by atoms with E-state index in [9.17, 15) is 9.59 Å². The second kappa shape index (κ2) is 7.04. The molecular formula is C17H20O3. The van der Waals surface area contributed by atoms with Crippen LogP contribution in [0.3, 0.4) is 0 Å². The summed E-state index contributed by atoms with van der Waals surface area (Å²) in [6.07, 6.45) is 7.68. The Morgan fingerprint density at radius 1 is 1.20 bits per heavy atom. The van der Waals surface area contributed by atoms with E-state index in [0.717, 1.165) is 38.4 Å². The molecule has 2 rings (SSSR count). The second-order valence-electron chi connectivity index (χ2n) is 5.35. The van der Waals surface area contributed by atoms with Crippen LogP contribution in [0.25, 0.3) is 0 Å². The molecule has 0 spiro atoms. The van der Waals surface area contributed by atoms with Crippen molar-refractivity contribution in [3.05, 3.63) is 42.5 Å². The van der Waals surface area contributed by atoms with Crippen LogP contribution in [0.2, 0.25) is 0 Å². The largest absolute Gasteiger partial charge is 0.426 e. The zero-order chi connectivity index (χ0) is 14.4. The Morgan fingerprint density at radius 2 is 1.85 bits per heavy atom. The summed E-state index contributed by atoms with van der Waals surface area (Å²) in [6, 6.07) is 6.61. The van der Waals surface area contributed by atoms with E-state index in [1.165, 1.54) is 0 Å². The van der Waals surface area contributed by atoms with Crippen molar-refractivity contribution in [3.63, 3.8) is 0 Å². The Bertz CT molecular complexity index is 468. The number of carbonyl (C=O) groups excluding carboxylic acids is 2. The lowest BCUT2D eigenvalue weighted by Gasteiger charge is -2.26. The number of carbonyl (C=O) groups is 2. The molecule has 1 aromatic rings. The molecular weight excluding hydrogens is 252 g/mol. The van der Waals surface area contributed by atoms with Crippen LogP contribution in [0, 0.1) is 11.8 Å². The smallest absolute Gasteiger partial charge is 0.314 e. The Hall–Kier alpha value is -1.90. The highest BCUT2D eigenvalue weighted by Crippen LogP contribution is 2.32. The average molecular weight is 272 g/mol. The maximum Gasteiger partial charge on any atom is 0.314 e. The highest BCUT2D eigenvalue weighted by molar-refractivity contribution is 5.77. The Balaban J connectivity index is 1.85. The minimum Gasteiger partial charge on any atom is -0.426 e. The molecule has 0 aromatic heterocycles. The summed E-state index contributed by atoms with van der Waals surface area (Å²) in [5.41, 5.74) is 0.578. The van der Waals surface area contributed by atoms with E-state index in [1.54, 1.807) is 24.3 Å². The van der Waals surface area contributed by atoms with Crippen molar-refractivity contribution < 1.29 is 14.3 Å². The topological polar surface area (TPSA) is 43.4 Å². The van der Waals surface area contributed by atoms with Gasteiger partial charge in [0.15, 0.2) is 0 Å². The molecule has 3 nitrogen and oxygen atoms in total. The van der Waals surface area contributed by atoms with Crippen LogP contribution in [0.5, 0.6) is 5.75 Å². The van der Waals surface area contributed by atoms with Gasteiger partial charge in [-0.1, -0.05) is 6.08 Å². The van der Waals surface area contributed by atoms with E-state index in [4.69, 9.17) is 4.74 Å². The van der Waals surface area contributed by atoms with Crippen LogP contribution >= 0.6 is 0 Å². The number of esters is 1. The summed E-state index contributed by atoms with van der Waals surface area (Å²) in [7, 11) is 0. The van der Waals surface area contributed by atoms with Gasteiger partial charge in [-0.15, -0.1) is 6.58 Å². The Labute approximate surface area is 119 Å². The number of benzene rings is 1. The maximum absolute atomic E-state index is 12.1. The second-order valence-corrected chi connectivity index (χ2v) is 5.35. The average Bonchev–Trinajstić information content (AvgIpc) is 2.49. The molecule has 1 saturated carbocycles. The Kier molecular flexibility index (Phi) is 5.10. The molecule has 1 fully saturated rings. The van der Waals surface area contributed by atoms with Gasteiger partial charge < -0.3 is 4.74 Å². The van der Waals surface area contributed by atoms with Crippen LogP contribution < -0.4 is 4.74 Å². The van der Waals surface area contributed by atoms with E-state index >= 15 is 0 Å². The van der Waals surface area contributed by atoms with Crippen molar-refractivity contribution in [1.82, 2.24) is 0 Å². The molecule has 1 aliphatic rings. The molecule has 1 aromatic carbocycles. The molecule has 1 aliphatic carbocycles. The van der Waals surface area contributed by atoms with Crippen molar-refractivity contribution >= 4 is 12.3 Å². The molecule has 0 radical (unpaired) electrons. The van der Waals surface area contributed by atoms with Crippen LogP contribution in [0.4, 0.5) is 0 Å². The van der Waals surface area contributed by atoms with Gasteiger partial charge in [-0.3, -0.25) is 9.59 Å². The number of ether oxygens (including phenoxy) is 1. The zero-order valence-electron chi connectivity index (χ0n) is 11.6. The molecule has 3 heteroatoms. The molecule has 0 saturated heterocycles. The quantitative estimate of drug-likeness (QED) is 0.354. The molecule has 20 heavy (non-hydrogen) atoms. The SMILES string of the molecule is C=CCC1CCC(C(=O)Oc2ccc(C=O)cc2)CC1. The number of aldehydes is 1. The summed E-state index contributed by atoms with van der Waals surface area (Å²) in [4.78, 5) is 22.6. The fourth-order valence-corrected chi connectivity index (χ4v) is 2.68. The highest BCUT2D eigenvalue weighted by atomic mass is 16.5. The molecule has 106 valence electrons. The van der Waals surface area contributed by atoms with E-state index in [1.807, 2.05) is 6.08 Å². The number of rotatable bonds is 5. The molecule has 0 N–H and O–H groups in total. The fraction of sp³-hybridized carbons (Fsp3) is 0.412. The monoisotopic (exact) mass is 272 g/mol. The summed E-state index contributed by atoms with van der Waals surface area (Å²) in [5, 5.41) is 0. The van der Waals surface area contributed by atoms with Crippen molar-refractivity contribution in [3.8, 4) is 5.75 Å². The minimum atomic E-state index is -0.152. The summed E-state index contributed by atoms with van der Waals surface area (Å²) >= 11 is 0. The van der Waals surface area contributed by atoms with Gasteiger partial charge in [0.2, 0.25) is 0 Å². The maximum atomic E-state index is 12.1. The number of hydrogen-bond acceptors (Lipinski definition) is 3. The first kappa shape index (κ1) is 14.5. The highest BCUT2D eigenvalue weighted by Gasteiger charge is 2.27. The van der Waals surface area contributed by atoms with Gasteiger partial charge in [-0.05, 0) is 62.3 Å².